The molecule has 2 aromatic carbocycles. The van der Waals surface area contributed by atoms with E-state index in [9.17, 15) is 4.79 Å². The molecule has 26 heavy (non-hydrogen) atoms. The van der Waals surface area contributed by atoms with Crippen LogP contribution in [0.1, 0.15) is 18.4 Å². The van der Waals surface area contributed by atoms with Crippen LogP contribution >= 0.6 is 11.3 Å². The number of hydrogen-bond donors (Lipinski definition) is 1. The third-order valence-corrected chi connectivity index (χ3v) is 5.60. The molecule has 0 spiro atoms. The van der Waals surface area contributed by atoms with Crippen molar-refractivity contribution in [3.8, 4) is 0 Å². The summed E-state index contributed by atoms with van der Waals surface area (Å²) in [4.78, 5) is 21.1. The van der Waals surface area contributed by atoms with E-state index in [-0.39, 0.29) is 5.91 Å². The third-order valence-electron chi connectivity index (χ3n) is 4.59. The molecule has 0 bridgehead atoms. The van der Waals surface area contributed by atoms with Gasteiger partial charge in [0.05, 0.1) is 15.9 Å². The van der Waals surface area contributed by atoms with Crippen LogP contribution in [0.25, 0.3) is 10.2 Å². The van der Waals surface area contributed by atoms with Crippen LogP contribution in [0.5, 0.6) is 0 Å². The number of amides is 1. The van der Waals surface area contributed by atoms with Gasteiger partial charge in [-0.25, -0.2) is 9.98 Å². The van der Waals surface area contributed by atoms with Crippen molar-refractivity contribution in [1.29, 1.82) is 0 Å². The van der Waals surface area contributed by atoms with Crippen molar-refractivity contribution in [1.82, 2.24) is 4.98 Å². The highest BCUT2D eigenvalue weighted by molar-refractivity contribution is 7.22. The van der Waals surface area contributed by atoms with E-state index in [2.05, 4.69) is 15.1 Å². The molecule has 6 heteroatoms. The molecule has 1 N–H and O–H groups in total. The number of fused-ring (bicyclic) bond motifs is 1. The summed E-state index contributed by atoms with van der Waals surface area (Å²) in [6.07, 6.45) is 4.23. The lowest BCUT2D eigenvalue weighted by molar-refractivity contribution is -0.469. The molecule has 1 aliphatic heterocycles. The minimum Gasteiger partial charge on any atom is -0.271 e. The first-order valence-corrected chi connectivity index (χ1v) is 9.54. The molecule has 2 aliphatic rings. The fraction of sp³-hybridized carbons (Fsp3) is 0.200. The van der Waals surface area contributed by atoms with Gasteiger partial charge in [0.15, 0.2) is 18.2 Å². The molecule has 1 amide bonds. The number of nitrogens with zero attached hydrogens (tertiary/aromatic N) is 3. The quantitative estimate of drug-likeness (QED) is 0.723. The number of nitrogens with one attached hydrogen (secondary N) is 1. The molecule has 0 radical (unpaired) electrons. The maximum Gasteiger partial charge on any atom is 0.268 e. The number of carbonyl (C=O) groups is 1. The molecular weight excluding hydrogens is 344 g/mol. The monoisotopic (exact) mass is 361 g/mol. The van der Waals surface area contributed by atoms with Crippen molar-refractivity contribution in [2.24, 2.45) is 11.0 Å². The Bertz CT molecular complexity index is 1000. The standard InChI is InChI=1S/C20H16N4OS/c25-19-15(12-21-14-10-11-14)18(13-6-2-1-3-7-13)23-24(19)20-22-16-8-4-5-9-17(16)26-20/h1-9,12,14-15H,10-11H2/p+1/t15-/m1/s1. The number of para-hydroxylation sites is 1. The van der Waals surface area contributed by atoms with Gasteiger partial charge in [0.25, 0.3) is 5.91 Å². The molecular formula is C20H17N4OS+. The Morgan fingerprint density at radius 2 is 1.85 bits per heavy atom. The predicted molar refractivity (Wildman–Crippen MR) is 104 cm³/mol. The van der Waals surface area contributed by atoms with Gasteiger partial charge in [-0.05, 0) is 17.7 Å². The fourth-order valence-corrected chi connectivity index (χ4v) is 3.96. The second-order valence-corrected chi connectivity index (χ2v) is 7.56. The molecule has 0 unspecified atom stereocenters. The number of anilines is 1. The SMILES string of the molecule is O=C1[C@H](C=[NH+]C2CC2)C(c2ccccc2)=NN1c1nc2ccccc2s1. The Labute approximate surface area is 154 Å². The van der Waals surface area contributed by atoms with Gasteiger partial charge in [0.2, 0.25) is 5.13 Å². The van der Waals surface area contributed by atoms with Gasteiger partial charge < -0.3 is 0 Å². The average Bonchev–Trinajstić information content (AvgIpc) is 3.31. The molecule has 2 heterocycles. The first kappa shape index (κ1) is 15.4. The Balaban J connectivity index is 1.56. The predicted octanol–water partition coefficient (Wildman–Crippen LogP) is 1.98. The molecule has 1 fully saturated rings. The Kier molecular flexibility index (Phi) is 3.64. The van der Waals surface area contributed by atoms with E-state index in [1.54, 1.807) is 0 Å². The van der Waals surface area contributed by atoms with Gasteiger partial charge in [-0.2, -0.15) is 10.1 Å². The average molecular weight is 361 g/mol. The number of hydrazone groups is 1. The number of hydrogen-bond acceptors (Lipinski definition) is 4. The van der Waals surface area contributed by atoms with Crippen LogP contribution in [-0.2, 0) is 4.79 Å². The summed E-state index contributed by atoms with van der Waals surface area (Å²) in [5.41, 5.74) is 2.62. The van der Waals surface area contributed by atoms with Crippen LogP contribution in [-0.4, -0.2) is 28.9 Å². The summed E-state index contributed by atoms with van der Waals surface area (Å²) in [5, 5.41) is 6.74. The van der Waals surface area contributed by atoms with Crippen LogP contribution in [0.3, 0.4) is 0 Å². The summed E-state index contributed by atoms with van der Waals surface area (Å²) >= 11 is 1.49. The molecule has 0 saturated heterocycles. The van der Waals surface area contributed by atoms with Crippen molar-refractivity contribution in [2.75, 3.05) is 5.01 Å². The zero-order valence-corrected chi connectivity index (χ0v) is 14.8. The van der Waals surface area contributed by atoms with Crippen LogP contribution in [0, 0.1) is 5.92 Å². The topological polar surface area (TPSA) is 59.5 Å². The minimum absolute atomic E-state index is 0.0592. The summed E-state index contributed by atoms with van der Waals surface area (Å²) in [6, 6.07) is 18.3. The van der Waals surface area contributed by atoms with Gasteiger partial charge in [0.1, 0.15) is 0 Å². The molecule has 5 rings (SSSR count). The van der Waals surface area contributed by atoms with E-state index in [0.717, 1.165) is 34.3 Å². The smallest absolute Gasteiger partial charge is 0.268 e. The number of rotatable bonds is 4. The van der Waals surface area contributed by atoms with Crippen LogP contribution in [0.15, 0.2) is 59.7 Å². The number of carbonyl (C=O) groups excluding carboxylic acids is 1. The van der Waals surface area contributed by atoms with E-state index < -0.39 is 5.92 Å². The van der Waals surface area contributed by atoms with Crippen LogP contribution in [0.4, 0.5) is 5.13 Å². The Morgan fingerprint density at radius 1 is 1.08 bits per heavy atom. The maximum absolute atomic E-state index is 13.1. The molecule has 3 aromatic rings. The highest BCUT2D eigenvalue weighted by Gasteiger charge is 2.40. The van der Waals surface area contributed by atoms with E-state index >= 15 is 0 Å². The third kappa shape index (κ3) is 2.72. The van der Waals surface area contributed by atoms with E-state index in [1.807, 2.05) is 60.8 Å². The van der Waals surface area contributed by atoms with Gasteiger partial charge in [-0.3, -0.25) is 4.79 Å². The molecule has 128 valence electrons. The molecule has 1 atom stereocenters. The molecule has 1 saturated carbocycles. The van der Waals surface area contributed by atoms with Crippen molar-refractivity contribution in [2.45, 2.75) is 18.9 Å². The molecule has 1 aliphatic carbocycles. The van der Waals surface area contributed by atoms with E-state index in [1.165, 1.54) is 16.3 Å². The largest absolute Gasteiger partial charge is 0.271 e. The lowest BCUT2D eigenvalue weighted by atomic mass is 9.98. The molecule has 1 aromatic heterocycles. The highest BCUT2D eigenvalue weighted by atomic mass is 32.1. The lowest BCUT2D eigenvalue weighted by Gasteiger charge is -2.07. The Hall–Kier alpha value is -2.86. The van der Waals surface area contributed by atoms with Gasteiger partial charge in [-0.1, -0.05) is 53.8 Å². The second kappa shape index (κ2) is 6.14. The fourth-order valence-electron chi connectivity index (χ4n) is 3.03. The number of benzene rings is 2. The number of aromatic nitrogens is 1. The Morgan fingerprint density at radius 3 is 2.62 bits per heavy atom. The zero-order chi connectivity index (χ0) is 17.5. The maximum atomic E-state index is 13.1. The van der Waals surface area contributed by atoms with Gasteiger partial charge >= 0.3 is 0 Å². The number of thiazole rings is 1. The summed E-state index contributed by atoms with van der Waals surface area (Å²) in [6.45, 7) is 0. The van der Waals surface area contributed by atoms with Gasteiger partial charge in [-0.15, -0.1) is 0 Å². The first-order valence-electron chi connectivity index (χ1n) is 8.72. The summed E-state index contributed by atoms with van der Waals surface area (Å²) < 4.78 is 1.05. The van der Waals surface area contributed by atoms with Crippen LogP contribution < -0.4 is 10.0 Å². The first-order chi connectivity index (χ1) is 12.8. The van der Waals surface area contributed by atoms with E-state index in [4.69, 9.17) is 0 Å². The van der Waals surface area contributed by atoms with Crippen molar-refractivity contribution in [3.63, 3.8) is 0 Å². The van der Waals surface area contributed by atoms with Crippen molar-refractivity contribution >= 4 is 44.5 Å². The van der Waals surface area contributed by atoms with Gasteiger partial charge in [0, 0.05) is 12.8 Å². The summed E-state index contributed by atoms with van der Waals surface area (Å²) in [5.74, 6) is -0.457. The normalized spacial score (nSPS) is 20.3. The summed E-state index contributed by atoms with van der Waals surface area (Å²) in [7, 11) is 0. The van der Waals surface area contributed by atoms with Crippen molar-refractivity contribution in [3.05, 3.63) is 60.2 Å². The molecule has 5 nitrogen and oxygen atoms in total. The van der Waals surface area contributed by atoms with Crippen molar-refractivity contribution < 1.29 is 9.79 Å². The zero-order valence-electron chi connectivity index (χ0n) is 14.0. The lowest BCUT2D eigenvalue weighted by Crippen LogP contribution is -2.72. The minimum atomic E-state index is -0.398. The van der Waals surface area contributed by atoms with E-state index in [0.29, 0.717) is 11.2 Å². The highest BCUT2D eigenvalue weighted by Crippen LogP contribution is 2.32. The second-order valence-electron chi connectivity index (χ2n) is 6.55. The van der Waals surface area contributed by atoms with Crippen LogP contribution in [0.2, 0.25) is 0 Å².